The van der Waals surface area contributed by atoms with E-state index in [0.29, 0.717) is 10.7 Å². The van der Waals surface area contributed by atoms with Crippen molar-refractivity contribution in [2.75, 3.05) is 11.1 Å². The van der Waals surface area contributed by atoms with Crippen LogP contribution in [0.2, 0.25) is 5.02 Å². The number of hydrogen-bond acceptors (Lipinski definition) is 2. The zero-order valence-electron chi connectivity index (χ0n) is 9.99. The van der Waals surface area contributed by atoms with Gasteiger partial charge in [-0.15, -0.1) is 0 Å². The number of nitrogens with one attached hydrogen (secondary N) is 1. The first-order valence-electron chi connectivity index (χ1n) is 5.64. The Labute approximate surface area is 115 Å². The van der Waals surface area contributed by atoms with E-state index in [0.717, 1.165) is 5.56 Å². The first kappa shape index (κ1) is 13.4. The molecule has 0 fully saturated rings. The maximum Gasteiger partial charge on any atom is 0.228 e. The van der Waals surface area contributed by atoms with E-state index >= 15 is 0 Å². The molecule has 2 aromatic carbocycles. The Morgan fingerprint density at radius 1 is 1.26 bits per heavy atom. The van der Waals surface area contributed by atoms with Gasteiger partial charge in [0.2, 0.25) is 5.91 Å². The van der Waals surface area contributed by atoms with Crippen molar-refractivity contribution in [3.05, 3.63) is 58.9 Å². The van der Waals surface area contributed by atoms with Crippen LogP contribution in [-0.4, -0.2) is 5.91 Å². The minimum Gasteiger partial charge on any atom is -0.399 e. The highest BCUT2D eigenvalue weighted by Crippen LogP contribution is 2.18. The second-order valence-corrected chi connectivity index (χ2v) is 4.53. The fourth-order valence-electron chi connectivity index (χ4n) is 1.67. The Hall–Kier alpha value is -2.07. The first-order chi connectivity index (χ1) is 9.04. The van der Waals surface area contributed by atoms with Crippen molar-refractivity contribution in [1.82, 2.24) is 0 Å². The summed E-state index contributed by atoms with van der Waals surface area (Å²) in [5, 5.41) is 3.04. The molecule has 19 heavy (non-hydrogen) atoms. The summed E-state index contributed by atoms with van der Waals surface area (Å²) in [7, 11) is 0. The van der Waals surface area contributed by atoms with Gasteiger partial charge in [0.05, 0.1) is 12.1 Å². The predicted octanol–water partition coefficient (Wildman–Crippen LogP) is 3.24. The lowest BCUT2D eigenvalue weighted by atomic mass is 10.1. The minimum absolute atomic E-state index is 0.0760. The van der Waals surface area contributed by atoms with E-state index in [2.05, 4.69) is 5.32 Å². The fraction of sp³-hybridized carbons (Fsp3) is 0.0714. The van der Waals surface area contributed by atoms with E-state index in [1.807, 2.05) is 0 Å². The molecule has 0 heterocycles. The molecule has 3 N–H and O–H groups in total. The Kier molecular flexibility index (Phi) is 4.02. The van der Waals surface area contributed by atoms with Gasteiger partial charge in [-0.25, -0.2) is 4.39 Å². The van der Waals surface area contributed by atoms with E-state index in [1.54, 1.807) is 24.3 Å². The van der Waals surface area contributed by atoms with Gasteiger partial charge in [-0.1, -0.05) is 23.7 Å². The van der Waals surface area contributed by atoms with Gasteiger partial charge in [0.1, 0.15) is 5.82 Å². The summed E-state index contributed by atoms with van der Waals surface area (Å²) in [6, 6.07) is 11.0. The molecule has 0 aliphatic rings. The maximum atomic E-state index is 13.4. The Balaban J connectivity index is 2.07. The van der Waals surface area contributed by atoms with Gasteiger partial charge >= 0.3 is 0 Å². The van der Waals surface area contributed by atoms with Crippen LogP contribution in [-0.2, 0) is 11.2 Å². The number of anilines is 2. The largest absolute Gasteiger partial charge is 0.399 e. The number of nitrogen functional groups attached to an aromatic ring is 1. The molecule has 98 valence electrons. The monoisotopic (exact) mass is 278 g/mol. The van der Waals surface area contributed by atoms with Crippen molar-refractivity contribution in [2.24, 2.45) is 0 Å². The number of nitrogens with two attached hydrogens (primary N) is 1. The van der Waals surface area contributed by atoms with Crippen molar-refractivity contribution in [2.45, 2.75) is 6.42 Å². The van der Waals surface area contributed by atoms with E-state index in [4.69, 9.17) is 17.3 Å². The van der Waals surface area contributed by atoms with Crippen LogP contribution in [0.3, 0.4) is 0 Å². The van der Waals surface area contributed by atoms with Gasteiger partial charge in [-0.3, -0.25) is 4.79 Å². The molecule has 0 unspecified atom stereocenters. The van der Waals surface area contributed by atoms with Crippen molar-refractivity contribution in [3.8, 4) is 0 Å². The number of hydrogen-bond donors (Lipinski definition) is 2. The summed E-state index contributed by atoms with van der Waals surface area (Å²) in [5.74, 6) is -0.847. The van der Waals surface area contributed by atoms with Crippen molar-refractivity contribution in [3.63, 3.8) is 0 Å². The number of rotatable bonds is 3. The van der Waals surface area contributed by atoms with Crippen LogP contribution < -0.4 is 11.1 Å². The van der Waals surface area contributed by atoms with E-state index in [1.165, 1.54) is 18.2 Å². The molecule has 0 atom stereocenters. The number of amides is 1. The average Bonchev–Trinajstić information content (AvgIpc) is 2.34. The van der Waals surface area contributed by atoms with Crippen LogP contribution in [0.4, 0.5) is 15.8 Å². The van der Waals surface area contributed by atoms with Gasteiger partial charge in [-0.2, -0.15) is 0 Å². The standard InChI is InChI=1S/C14H12ClFN2O/c15-10-3-1-2-9(6-10)7-14(19)18-13-8-11(17)4-5-12(13)16/h1-6,8H,7,17H2,(H,18,19). The van der Waals surface area contributed by atoms with Crippen LogP contribution in [0.15, 0.2) is 42.5 Å². The lowest BCUT2D eigenvalue weighted by molar-refractivity contribution is -0.115. The molecule has 1 amide bonds. The van der Waals surface area contributed by atoms with Gasteiger partial charge in [0.25, 0.3) is 0 Å². The third-order valence-electron chi connectivity index (χ3n) is 2.52. The molecular formula is C14H12ClFN2O. The molecule has 3 nitrogen and oxygen atoms in total. The Bertz CT molecular complexity index is 616. The van der Waals surface area contributed by atoms with E-state index in [9.17, 15) is 9.18 Å². The van der Waals surface area contributed by atoms with Crippen LogP contribution in [0.25, 0.3) is 0 Å². The molecule has 2 aromatic rings. The van der Waals surface area contributed by atoms with Crippen LogP contribution in [0.1, 0.15) is 5.56 Å². The summed E-state index contributed by atoms with van der Waals surface area (Å²) in [4.78, 5) is 11.8. The smallest absolute Gasteiger partial charge is 0.228 e. The van der Waals surface area contributed by atoms with Gasteiger partial charge < -0.3 is 11.1 Å². The average molecular weight is 279 g/mol. The third-order valence-corrected chi connectivity index (χ3v) is 2.75. The molecule has 0 aromatic heterocycles. The summed E-state index contributed by atoms with van der Waals surface area (Å²) < 4.78 is 13.4. The molecular weight excluding hydrogens is 267 g/mol. The van der Waals surface area contributed by atoms with Crippen LogP contribution in [0, 0.1) is 5.82 Å². The molecule has 0 aliphatic heterocycles. The highest BCUT2D eigenvalue weighted by atomic mass is 35.5. The lowest BCUT2D eigenvalue weighted by Gasteiger charge is -2.07. The Morgan fingerprint density at radius 2 is 2.05 bits per heavy atom. The molecule has 0 aliphatic carbocycles. The molecule has 5 heteroatoms. The lowest BCUT2D eigenvalue weighted by Crippen LogP contribution is -2.15. The molecule has 0 spiro atoms. The fourth-order valence-corrected chi connectivity index (χ4v) is 1.88. The van der Waals surface area contributed by atoms with Crippen LogP contribution in [0.5, 0.6) is 0 Å². The summed E-state index contributed by atoms with van der Waals surface area (Å²) in [6.07, 6.45) is 0.120. The molecule has 0 radical (unpaired) electrons. The quantitative estimate of drug-likeness (QED) is 0.847. The van der Waals surface area contributed by atoms with Crippen LogP contribution >= 0.6 is 11.6 Å². The maximum absolute atomic E-state index is 13.4. The molecule has 2 rings (SSSR count). The van der Waals surface area contributed by atoms with Crippen molar-refractivity contribution in [1.29, 1.82) is 0 Å². The van der Waals surface area contributed by atoms with Gasteiger partial charge in [0, 0.05) is 10.7 Å². The first-order valence-corrected chi connectivity index (χ1v) is 6.02. The number of carbonyl (C=O) groups excluding carboxylic acids is 1. The van der Waals surface area contributed by atoms with Crippen molar-refractivity contribution < 1.29 is 9.18 Å². The molecule has 0 saturated carbocycles. The molecule has 0 saturated heterocycles. The summed E-state index contributed by atoms with van der Waals surface area (Å²) in [6.45, 7) is 0. The number of carbonyl (C=O) groups is 1. The minimum atomic E-state index is -0.520. The number of halogens is 2. The van der Waals surface area contributed by atoms with E-state index < -0.39 is 5.82 Å². The topological polar surface area (TPSA) is 55.1 Å². The predicted molar refractivity (Wildman–Crippen MR) is 74.6 cm³/mol. The number of benzene rings is 2. The second kappa shape index (κ2) is 5.71. The zero-order chi connectivity index (χ0) is 13.8. The zero-order valence-corrected chi connectivity index (χ0v) is 10.7. The third kappa shape index (κ3) is 3.69. The normalized spacial score (nSPS) is 10.2. The van der Waals surface area contributed by atoms with Gasteiger partial charge in [0.15, 0.2) is 0 Å². The van der Waals surface area contributed by atoms with E-state index in [-0.39, 0.29) is 18.0 Å². The SMILES string of the molecule is Nc1ccc(F)c(NC(=O)Cc2cccc(Cl)c2)c1. The highest BCUT2D eigenvalue weighted by Gasteiger charge is 2.08. The Morgan fingerprint density at radius 3 is 2.79 bits per heavy atom. The summed E-state index contributed by atoms with van der Waals surface area (Å²) >= 11 is 5.83. The highest BCUT2D eigenvalue weighted by molar-refractivity contribution is 6.30. The van der Waals surface area contributed by atoms with Gasteiger partial charge in [-0.05, 0) is 35.9 Å². The molecule has 0 bridgehead atoms. The van der Waals surface area contributed by atoms with Crippen molar-refractivity contribution >= 4 is 28.9 Å². The summed E-state index contributed by atoms with van der Waals surface area (Å²) in [5.41, 5.74) is 6.76. The second-order valence-electron chi connectivity index (χ2n) is 4.09.